The third-order valence-electron chi connectivity index (χ3n) is 4.71. The highest BCUT2D eigenvalue weighted by Gasteiger charge is 2.20. The van der Waals surface area contributed by atoms with E-state index in [1.807, 2.05) is 32.0 Å². The maximum absolute atomic E-state index is 12.8. The number of amides is 1. The number of anilines is 2. The molecule has 11 heteroatoms. The minimum atomic E-state index is -3.82. The number of aryl methyl sites for hydroxylation is 2. The van der Waals surface area contributed by atoms with Crippen LogP contribution in [0.3, 0.4) is 0 Å². The van der Waals surface area contributed by atoms with Crippen molar-refractivity contribution in [1.29, 1.82) is 0 Å². The van der Waals surface area contributed by atoms with E-state index in [1.165, 1.54) is 48.5 Å². The zero-order valence-corrected chi connectivity index (χ0v) is 19.3. The first-order valence-electron chi connectivity index (χ1n) is 9.63. The Morgan fingerprint density at radius 2 is 1.55 bits per heavy atom. The highest BCUT2D eigenvalue weighted by atomic mass is 32.2. The smallest absolute Gasteiger partial charge is 0.282 e. The van der Waals surface area contributed by atoms with Crippen LogP contribution in [0.5, 0.6) is 0 Å². The van der Waals surface area contributed by atoms with Crippen LogP contribution < -0.4 is 15.4 Å². The van der Waals surface area contributed by atoms with Gasteiger partial charge in [-0.2, -0.15) is 0 Å². The van der Waals surface area contributed by atoms with Gasteiger partial charge in [0.05, 0.1) is 15.5 Å². The zero-order chi connectivity index (χ0) is 24.2. The van der Waals surface area contributed by atoms with E-state index in [9.17, 15) is 23.3 Å². The van der Waals surface area contributed by atoms with Gasteiger partial charge in [-0.05, 0) is 67.5 Å². The molecule has 0 bridgehead atoms. The monoisotopic (exact) mass is 484 g/mol. The van der Waals surface area contributed by atoms with E-state index in [2.05, 4.69) is 15.4 Å². The molecule has 0 aliphatic heterocycles. The molecule has 0 radical (unpaired) electrons. The second-order valence-corrected chi connectivity index (χ2v) is 9.17. The summed E-state index contributed by atoms with van der Waals surface area (Å²) in [6.45, 7) is 3.63. The molecule has 3 rings (SSSR count). The molecular weight excluding hydrogens is 464 g/mol. The maximum atomic E-state index is 12.8. The summed E-state index contributed by atoms with van der Waals surface area (Å²) in [5.74, 6) is -0.739. The maximum Gasteiger partial charge on any atom is 0.282 e. The van der Waals surface area contributed by atoms with Crippen molar-refractivity contribution in [3.8, 4) is 0 Å². The predicted octanol–water partition coefficient (Wildman–Crippen LogP) is 4.14. The summed E-state index contributed by atoms with van der Waals surface area (Å²) in [5.41, 5.74) is 2.08. The van der Waals surface area contributed by atoms with E-state index >= 15 is 0 Å². The van der Waals surface area contributed by atoms with Gasteiger partial charge in [0, 0.05) is 11.8 Å². The van der Waals surface area contributed by atoms with Gasteiger partial charge >= 0.3 is 0 Å². The number of hydrogen-bond acceptors (Lipinski definition) is 6. The van der Waals surface area contributed by atoms with Crippen LogP contribution in [0.2, 0.25) is 0 Å². The fourth-order valence-corrected chi connectivity index (χ4v) is 4.46. The molecule has 3 aromatic carbocycles. The van der Waals surface area contributed by atoms with Gasteiger partial charge in [0.15, 0.2) is 5.11 Å². The van der Waals surface area contributed by atoms with Crippen LogP contribution in [0.4, 0.5) is 17.1 Å². The van der Waals surface area contributed by atoms with E-state index in [0.29, 0.717) is 11.4 Å². The van der Waals surface area contributed by atoms with Crippen molar-refractivity contribution in [2.24, 2.45) is 0 Å². The summed E-state index contributed by atoms with van der Waals surface area (Å²) in [6, 6.07) is 16.7. The number of nitrogens with zero attached hydrogens (tertiary/aromatic N) is 1. The van der Waals surface area contributed by atoms with Crippen LogP contribution in [0.1, 0.15) is 21.5 Å². The molecular formula is C22H20N4O5S2. The first kappa shape index (κ1) is 23.8. The molecule has 33 heavy (non-hydrogen) atoms. The molecule has 0 aromatic heterocycles. The molecule has 0 heterocycles. The van der Waals surface area contributed by atoms with Crippen LogP contribution >= 0.6 is 12.2 Å². The lowest BCUT2D eigenvalue weighted by Crippen LogP contribution is -2.34. The molecule has 0 spiro atoms. The van der Waals surface area contributed by atoms with Crippen LogP contribution in [0, 0.1) is 24.0 Å². The Morgan fingerprint density at radius 1 is 0.939 bits per heavy atom. The van der Waals surface area contributed by atoms with Gasteiger partial charge in [-0.3, -0.25) is 24.9 Å². The lowest BCUT2D eigenvalue weighted by Gasteiger charge is -2.14. The zero-order valence-electron chi connectivity index (χ0n) is 17.7. The van der Waals surface area contributed by atoms with Gasteiger partial charge in [0.25, 0.3) is 21.6 Å². The number of carbonyl (C=O) groups is 1. The molecule has 9 nitrogen and oxygen atoms in total. The Morgan fingerprint density at radius 3 is 2.15 bits per heavy atom. The van der Waals surface area contributed by atoms with Gasteiger partial charge < -0.3 is 5.32 Å². The number of nitrogens with one attached hydrogen (secondary N) is 3. The highest BCUT2D eigenvalue weighted by molar-refractivity contribution is 7.92. The Labute approximate surface area is 196 Å². The van der Waals surface area contributed by atoms with Crippen LogP contribution in [0.25, 0.3) is 0 Å². The molecule has 0 saturated carbocycles. The number of para-hydroxylation sites is 2. The number of benzene rings is 3. The molecule has 0 unspecified atom stereocenters. The summed E-state index contributed by atoms with van der Waals surface area (Å²) >= 11 is 5.10. The summed E-state index contributed by atoms with van der Waals surface area (Å²) in [6.07, 6.45) is 0. The number of nitro groups is 1. The Balaban J connectivity index is 1.69. The van der Waals surface area contributed by atoms with Gasteiger partial charge in [-0.1, -0.05) is 30.3 Å². The lowest BCUT2D eigenvalue weighted by atomic mass is 10.1. The largest absolute Gasteiger partial charge is 0.332 e. The van der Waals surface area contributed by atoms with Crippen molar-refractivity contribution >= 4 is 50.3 Å². The quantitative estimate of drug-likeness (QED) is 0.272. The van der Waals surface area contributed by atoms with Crippen molar-refractivity contribution in [2.45, 2.75) is 18.7 Å². The summed E-state index contributed by atoms with van der Waals surface area (Å²) < 4.78 is 28.1. The number of thiocarbonyl (C=S) groups is 1. The molecule has 0 atom stereocenters. The van der Waals surface area contributed by atoms with Crippen LogP contribution in [0.15, 0.2) is 71.6 Å². The number of rotatable bonds is 6. The van der Waals surface area contributed by atoms with Crippen LogP contribution in [-0.2, 0) is 10.0 Å². The molecule has 0 fully saturated rings. The number of carbonyl (C=O) groups excluding carboxylic acids is 1. The van der Waals surface area contributed by atoms with Gasteiger partial charge in [0.1, 0.15) is 5.56 Å². The van der Waals surface area contributed by atoms with Gasteiger partial charge in [0.2, 0.25) is 0 Å². The van der Waals surface area contributed by atoms with Crippen LogP contribution in [-0.4, -0.2) is 24.4 Å². The van der Waals surface area contributed by atoms with Crippen molar-refractivity contribution < 1.29 is 18.1 Å². The molecule has 0 aliphatic carbocycles. The topological polar surface area (TPSA) is 130 Å². The van der Waals surface area contributed by atoms with Gasteiger partial charge in [-0.25, -0.2) is 8.42 Å². The average Bonchev–Trinajstić information content (AvgIpc) is 2.76. The van der Waals surface area contributed by atoms with E-state index in [4.69, 9.17) is 12.2 Å². The molecule has 1 amide bonds. The summed E-state index contributed by atoms with van der Waals surface area (Å²) in [4.78, 5) is 22.8. The first-order chi connectivity index (χ1) is 15.6. The Kier molecular flexibility index (Phi) is 7.04. The average molecular weight is 485 g/mol. The fourth-order valence-electron chi connectivity index (χ4n) is 3.04. The number of hydrogen-bond donors (Lipinski definition) is 3. The molecule has 3 aromatic rings. The third kappa shape index (κ3) is 5.70. The van der Waals surface area contributed by atoms with Crippen molar-refractivity contribution in [2.75, 3.05) is 10.0 Å². The van der Waals surface area contributed by atoms with Crippen molar-refractivity contribution in [3.63, 3.8) is 0 Å². The second kappa shape index (κ2) is 9.76. The molecule has 170 valence electrons. The predicted molar refractivity (Wildman–Crippen MR) is 130 cm³/mol. The van der Waals surface area contributed by atoms with Crippen molar-refractivity contribution in [1.82, 2.24) is 5.32 Å². The summed E-state index contributed by atoms with van der Waals surface area (Å²) in [5, 5.41) is 16.1. The standard InChI is InChI=1S/C22H20N4O5S2/c1-14-6-5-7-15(2)20(14)25-33(30,31)17-12-10-16(11-13-17)23-22(32)24-21(27)18-8-3-4-9-19(18)26(28)29/h3-13,25H,1-2H3,(H2,23,24,27,32). The van der Waals surface area contributed by atoms with Gasteiger partial charge in [-0.15, -0.1) is 0 Å². The van der Waals surface area contributed by atoms with E-state index in [-0.39, 0.29) is 21.3 Å². The van der Waals surface area contributed by atoms with E-state index in [0.717, 1.165) is 11.1 Å². The van der Waals surface area contributed by atoms with Crippen molar-refractivity contribution in [3.05, 3.63) is 93.5 Å². The summed E-state index contributed by atoms with van der Waals surface area (Å²) in [7, 11) is -3.82. The lowest BCUT2D eigenvalue weighted by molar-refractivity contribution is -0.385. The normalized spacial score (nSPS) is 10.8. The highest BCUT2D eigenvalue weighted by Crippen LogP contribution is 2.24. The Bertz CT molecular complexity index is 1320. The third-order valence-corrected chi connectivity index (χ3v) is 6.28. The minimum absolute atomic E-state index is 0.0468. The number of sulfonamides is 1. The van der Waals surface area contributed by atoms with E-state index < -0.39 is 20.9 Å². The SMILES string of the molecule is Cc1cccc(C)c1NS(=O)(=O)c1ccc(NC(=S)NC(=O)c2ccccc2[N+](=O)[O-])cc1. The molecule has 0 aliphatic rings. The minimum Gasteiger partial charge on any atom is -0.332 e. The van der Waals surface area contributed by atoms with E-state index in [1.54, 1.807) is 0 Å². The molecule has 3 N–H and O–H groups in total. The second-order valence-electron chi connectivity index (χ2n) is 7.08. The Hall–Kier alpha value is -3.83. The number of nitro benzene ring substituents is 1. The first-order valence-corrected chi connectivity index (χ1v) is 11.5. The molecule has 0 saturated heterocycles. The fraction of sp³-hybridized carbons (Fsp3) is 0.0909.